The van der Waals surface area contributed by atoms with Gasteiger partial charge in [-0.25, -0.2) is 4.79 Å². The molecule has 24 heavy (non-hydrogen) atoms. The molecular weight excluding hydrogens is 301 g/mol. The van der Waals surface area contributed by atoms with E-state index in [-0.39, 0.29) is 11.7 Å². The van der Waals surface area contributed by atoms with Gasteiger partial charge >= 0.3 is 13.6 Å². The van der Waals surface area contributed by atoms with E-state index in [4.69, 9.17) is 9.39 Å². The highest BCUT2D eigenvalue weighted by Crippen LogP contribution is 2.24. The molecule has 0 N–H and O–H groups in total. The zero-order chi connectivity index (χ0) is 18.1. The molecule has 0 saturated heterocycles. The van der Waals surface area contributed by atoms with Gasteiger partial charge in [0.15, 0.2) is 0 Å². The molecule has 1 radical (unpaired) electrons. The van der Waals surface area contributed by atoms with Crippen LogP contribution >= 0.6 is 0 Å². The van der Waals surface area contributed by atoms with E-state index in [1.807, 2.05) is 34.3 Å². The Hall–Kier alpha value is -1.49. The summed E-state index contributed by atoms with van der Waals surface area (Å²) < 4.78 is 11.4. The van der Waals surface area contributed by atoms with Crippen LogP contribution in [0.15, 0.2) is 18.2 Å². The second-order valence-corrected chi connectivity index (χ2v) is 8.36. The van der Waals surface area contributed by atoms with E-state index in [2.05, 4.69) is 39.8 Å². The quantitative estimate of drug-likeness (QED) is 0.791. The third-order valence-electron chi connectivity index (χ3n) is 4.49. The molecule has 1 amide bonds. The van der Waals surface area contributed by atoms with Crippen molar-refractivity contribution in [3.8, 4) is 0 Å². The second kappa shape index (κ2) is 6.79. The molecule has 0 saturated carbocycles. The molecule has 0 atom stereocenters. The standard InChI is InChI=1S/C19H29BNO3/c1-13(2)19(6,7)24-20-16-9-8-14-11-21(12-15(14)10-16)17(22)23-18(3,4)5/h8-10,13H,11-12H2,1-7H3. The summed E-state index contributed by atoms with van der Waals surface area (Å²) >= 11 is 0. The number of hydrogen-bond acceptors (Lipinski definition) is 3. The van der Waals surface area contributed by atoms with Crippen molar-refractivity contribution in [2.24, 2.45) is 5.92 Å². The van der Waals surface area contributed by atoms with E-state index in [0.717, 1.165) is 11.0 Å². The van der Waals surface area contributed by atoms with Crippen LogP contribution in [-0.2, 0) is 22.5 Å². The number of rotatable bonds is 4. The normalized spacial score (nSPS) is 14.8. The number of carbonyl (C=O) groups is 1. The minimum absolute atomic E-state index is 0.207. The topological polar surface area (TPSA) is 38.8 Å². The summed E-state index contributed by atoms with van der Waals surface area (Å²) in [5.74, 6) is 0.422. The van der Waals surface area contributed by atoms with Crippen molar-refractivity contribution in [3.05, 3.63) is 29.3 Å². The van der Waals surface area contributed by atoms with Crippen LogP contribution < -0.4 is 5.46 Å². The predicted octanol–water partition coefficient (Wildman–Crippen LogP) is 3.63. The molecule has 1 aromatic carbocycles. The summed E-state index contributed by atoms with van der Waals surface area (Å²) in [6.45, 7) is 15.3. The fourth-order valence-electron chi connectivity index (χ4n) is 2.30. The van der Waals surface area contributed by atoms with E-state index in [9.17, 15) is 4.79 Å². The largest absolute Gasteiger partial charge is 0.444 e. The molecular formula is C19H29BNO3. The van der Waals surface area contributed by atoms with Gasteiger partial charge in [0.25, 0.3) is 0 Å². The third-order valence-corrected chi connectivity index (χ3v) is 4.49. The van der Waals surface area contributed by atoms with E-state index in [0.29, 0.717) is 19.0 Å². The minimum atomic E-state index is -0.471. The molecule has 0 spiro atoms. The molecule has 0 fully saturated rings. The molecule has 1 aliphatic rings. The number of nitrogens with zero attached hydrogens (tertiary/aromatic N) is 1. The van der Waals surface area contributed by atoms with E-state index in [1.54, 1.807) is 4.90 Å². The van der Waals surface area contributed by atoms with E-state index >= 15 is 0 Å². The monoisotopic (exact) mass is 330 g/mol. The summed E-state index contributed by atoms with van der Waals surface area (Å²) in [7, 11) is 1.82. The van der Waals surface area contributed by atoms with Gasteiger partial charge in [0.05, 0.1) is 0 Å². The van der Waals surface area contributed by atoms with Crippen molar-refractivity contribution in [1.82, 2.24) is 4.90 Å². The highest BCUT2D eigenvalue weighted by molar-refractivity contribution is 6.47. The van der Waals surface area contributed by atoms with Gasteiger partial charge in [-0.15, -0.1) is 0 Å². The van der Waals surface area contributed by atoms with Crippen LogP contribution in [0.2, 0.25) is 0 Å². The highest BCUT2D eigenvalue weighted by atomic mass is 16.6. The fraction of sp³-hybridized carbons (Fsp3) is 0.632. The lowest BCUT2D eigenvalue weighted by Crippen LogP contribution is -2.36. The smallest absolute Gasteiger partial charge is 0.410 e. The van der Waals surface area contributed by atoms with Crippen LogP contribution in [0.4, 0.5) is 4.79 Å². The van der Waals surface area contributed by atoms with Crippen LogP contribution in [0, 0.1) is 5.92 Å². The average Bonchev–Trinajstić information content (AvgIpc) is 2.86. The van der Waals surface area contributed by atoms with E-state index < -0.39 is 5.60 Å². The third kappa shape index (κ3) is 4.76. The maximum atomic E-state index is 12.2. The number of amides is 1. The Balaban J connectivity index is 2.00. The molecule has 0 bridgehead atoms. The maximum Gasteiger partial charge on any atom is 0.410 e. The van der Waals surface area contributed by atoms with Crippen molar-refractivity contribution in [1.29, 1.82) is 0 Å². The Labute approximate surface area is 146 Å². The first kappa shape index (κ1) is 18.8. The zero-order valence-corrected chi connectivity index (χ0v) is 16.0. The van der Waals surface area contributed by atoms with Crippen molar-refractivity contribution in [3.63, 3.8) is 0 Å². The Morgan fingerprint density at radius 2 is 1.75 bits per heavy atom. The first-order valence-corrected chi connectivity index (χ1v) is 8.59. The van der Waals surface area contributed by atoms with Gasteiger partial charge in [0, 0.05) is 18.7 Å². The molecule has 131 valence electrons. The van der Waals surface area contributed by atoms with Gasteiger partial charge in [-0.2, -0.15) is 0 Å². The van der Waals surface area contributed by atoms with Gasteiger partial charge in [-0.3, -0.25) is 4.90 Å². The SMILES string of the molecule is CC(C)C(C)(C)O[B]c1ccc2c(c1)CN(C(=O)OC(C)(C)C)C2. The predicted molar refractivity (Wildman–Crippen MR) is 97.3 cm³/mol. The first-order chi connectivity index (χ1) is 11.0. The zero-order valence-electron chi connectivity index (χ0n) is 16.0. The van der Waals surface area contributed by atoms with Crippen LogP contribution in [0.5, 0.6) is 0 Å². The van der Waals surface area contributed by atoms with Gasteiger partial charge < -0.3 is 9.39 Å². The maximum absolute atomic E-state index is 12.2. The Kier molecular flexibility index (Phi) is 5.33. The summed E-state index contributed by atoms with van der Waals surface area (Å²) in [6.07, 6.45) is -0.263. The molecule has 1 heterocycles. The number of ether oxygens (including phenoxy) is 1. The molecule has 1 aliphatic heterocycles. The summed E-state index contributed by atoms with van der Waals surface area (Å²) in [5, 5.41) is 0. The van der Waals surface area contributed by atoms with Crippen molar-refractivity contribution < 1.29 is 14.2 Å². The molecule has 2 rings (SSSR count). The van der Waals surface area contributed by atoms with Crippen LogP contribution in [0.1, 0.15) is 59.6 Å². The van der Waals surface area contributed by atoms with Gasteiger partial charge in [-0.05, 0) is 51.7 Å². The Bertz CT molecular complexity index is 605. The van der Waals surface area contributed by atoms with Gasteiger partial charge in [-0.1, -0.05) is 37.5 Å². The molecule has 0 unspecified atom stereocenters. The molecule has 5 heteroatoms. The molecule has 1 aromatic rings. The van der Waals surface area contributed by atoms with Crippen LogP contribution in [-0.4, -0.2) is 29.7 Å². The van der Waals surface area contributed by atoms with Gasteiger partial charge in [0.2, 0.25) is 0 Å². The molecule has 0 aliphatic carbocycles. The van der Waals surface area contributed by atoms with Crippen molar-refractivity contribution >= 4 is 19.0 Å². The fourth-order valence-corrected chi connectivity index (χ4v) is 2.30. The van der Waals surface area contributed by atoms with Crippen LogP contribution in [0.25, 0.3) is 0 Å². The Morgan fingerprint density at radius 1 is 1.12 bits per heavy atom. The Morgan fingerprint density at radius 3 is 2.33 bits per heavy atom. The first-order valence-electron chi connectivity index (χ1n) is 8.59. The number of fused-ring (bicyclic) bond motifs is 1. The lowest BCUT2D eigenvalue weighted by molar-refractivity contribution is 0.0242. The molecule has 4 nitrogen and oxygen atoms in total. The second-order valence-electron chi connectivity index (χ2n) is 8.36. The molecule has 0 aromatic heterocycles. The number of benzene rings is 1. The van der Waals surface area contributed by atoms with Crippen molar-refractivity contribution in [2.45, 2.75) is 72.8 Å². The van der Waals surface area contributed by atoms with Gasteiger partial charge in [0.1, 0.15) is 5.60 Å². The minimum Gasteiger partial charge on any atom is -0.444 e. The number of hydrogen-bond donors (Lipinski definition) is 0. The van der Waals surface area contributed by atoms with Crippen molar-refractivity contribution in [2.75, 3.05) is 0 Å². The average molecular weight is 330 g/mol. The summed E-state index contributed by atoms with van der Waals surface area (Å²) in [6, 6.07) is 6.20. The van der Waals surface area contributed by atoms with Crippen LogP contribution in [0.3, 0.4) is 0 Å². The summed E-state index contributed by atoms with van der Waals surface area (Å²) in [5.41, 5.74) is 2.66. The van der Waals surface area contributed by atoms with E-state index in [1.165, 1.54) is 5.56 Å². The summed E-state index contributed by atoms with van der Waals surface area (Å²) in [4.78, 5) is 14.0. The highest BCUT2D eigenvalue weighted by Gasteiger charge is 2.28. The lowest BCUT2D eigenvalue weighted by Gasteiger charge is -2.30. The lowest BCUT2D eigenvalue weighted by atomic mass is 9.83. The number of carbonyl (C=O) groups excluding carboxylic acids is 1.